The standard InChI is InChI=1S/C20H32N2O3S/c1-5-10-21(11-6-2)20(23)18-8-7-9-19(13-18)26(24,25)22-14-16(3)12-17(4)15-22/h7-9,13,16-17H,5-6,10-12,14-15H2,1-4H3. The molecule has 1 aliphatic heterocycles. The largest absolute Gasteiger partial charge is 0.339 e. The molecule has 1 heterocycles. The van der Waals surface area contributed by atoms with Gasteiger partial charge in [0.1, 0.15) is 0 Å². The Morgan fingerprint density at radius 3 is 2.23 bits per heavy atom. The van der Waals surface area contributed by atoms with E-state index in [2.05, 4.69) is 13.8 Å². The van der Waals surface area contributed by atoms with Crippen LogP contribution in [-0.4, -0.2) is 49.7 Å². The fourth-order valence-electron chi connectivity index (χ4n) is 3.78. The fraction of sp³-hybridized carbons (Fsp3) is 0.650. The Morgan fingerprint density at radius 2 is 1.69 bits per heavy atom. The highest BCUT2D eigenvalue weighted by molar-refractivity contribution is 7.89. The Labute approximate surface area is 158 Å². The van der Waals surface area contributed by atoms with Crippen LogP contribution in [0, 0.1) is 11.8 Å². The first kappa shape index (κ1) is 20.9. The predicted molar refractivity (Wildman–Crippen MR) is 105 cm³/mol. The van der Waals surface area contributed by atoms with Crippen LogP contribution in [0.15, 0.2) is 29.2 Å². The molecule has 2 unspecified atom stereocenters. The number of nitrogens with zero attached hydrogens (tertiary/aromatic N) is 2. The number of carbonyl (C=O) groups is 1. The van der Waals surface area contributed by atoms with Crippen LogP contribution >= 0.6 is 0 Å². The normalized spacial score (nSPS) is 21.5. The van der Waals surface area contributed by atoms with Gasteiger partial charge >= 0.3 is 0 Å². The molecule has 5 nitrogen and oxygen atoms in total. The van der Waals surface area contributed by atoms with E-state index in [1.165, 1.54) is 0 Å². The fourth-order valence-corrected chi connectivity index (χ4v) is 5.50. The molecule has 6 heteroatoms. The number of amides is 1. The molecule has 1 fully saturated rings. The average molecular weight is 381 g/mol. The molecule has 26 heavy (non-hydrogen) atoms. The molecule has 0 spiro atoms. The lowest BCUT2D eigenvalue weighted by Crippen LogP contribution is -2.42. The van der Waals surface area contributed by atoms with Crippen LogP contribution in [0.1, 0.15) is 57.3 Å². The summed E-state index contributed by atoms with van der Waals surface area (Å²) >= 11 is 0. The van der Waals surface area contributed by atoms with E-state index in [4.69, 9.17) is 0 Å². The van der Waals surface area contributed by atoms with Gasteiger partial charge in [-0.3, -0.25) is 4.79 Å². The molecule has 1 amide bonds. The van der Waals surface area contributed by atoms with Crippen molar-refractivity contribution in [1.29, 1.82) is 0 Å². The molecule has 0 N–H and O–H groups in total. The zero-order chi connectivity index (χ0) is 19.3. The second-order valence-corrected chi connectivity index (χ2v) is 9.53. The van der Waals surface area contributed by atoms with Crippen LogP contribution in [-0.2, 0) is 10.0 Å². The van der Waals surface area contributed by atoms with Crippen LogP contribution in [0.5, 0.6) is 0 Å². The van der Waals surface area contributed by atoms with Gasteiger partial charge in [-0.2, -0.15) is 4.31 Å². The molecular weight excluding hydrogens is 348 g/mol. The van der Waals surface area contributed by atoms with Crippen molar-refractivity contribution in [2.24, 2.45) is 11.8 Å². The average Bonchev–Trinajstić information content (AvgIpc) is 2.60. The first-order valence-corrected chi connectivity index (χ1v) is 11.1. The van der Waals surface area contributed by atoms with E-state index in [0.717, 1.165) is 19.3 Å². The van der Waals surface area contributed by atoms with Gasteiger partial charge in [-0.25, -0.2) is 8.42 Å². The van der Waals surface area contributed by atoms with Crippen LogP contribution in [0.25, 0.3) is 0 Å². The van der Waals surface area contributed by atoms with Gasteiger partial charge < -0.3 is 4.90 Å². The minimum absolute atomic E-state index is 0.0915. The van der Waals surface area contributed by atoms with Crippen molar-refractivity contribution in [2.45, 2.75) is 51.9 Å². The van der Waals surface area contributed by atoms with Gasteiger partial charge in [-0.05, 0) is 49.3 Å². The van der Waals surface area contributed by atoms with Gasteiger partial charge in [0, 0.05) is 31.7 Å². The molecule has 0 aliphatic carbocycles. The van der Waals surface area contributed by atoms with Crippen LogP contribution in [0.2, 0.25) is 0 Å². The Kier molecular flexibility index (Phi) is 7.24. The first-order valence-electron chi connectivity index (χ1n) is 9.69. The van der Waals surface area contributed by atoms with E-state index in [0.29, 0.717) is 43.6 Å². The Bertz CT molecular complexity index is 702. The minimum Gasteiger partial charge on any atom is -0.339 e. The summed E-state index contributed by atoms with van der Waals surface area (Å²) in [6.45, 7) is 10.7. The van der Waals surface area contributed by atoms with Crippen molar-refractivity contribution < 1.29 is 13.2 Å². The van der Waals surface area contributed by atoms with Gasteiger partial charge in [-0.1, -0.05) is 33.8 Å². The van der Waals surface area contributed by atoms with Crippen molar-refractivity contribution in [1.82, 2.24) is 9.21 Å². The second kappa shape index (κ2) is 9.00. The van der Waals surface area contributed by atoms with E-state index in [9.17, 15) is 13.2 Å². The molecule has 146 valence electrons. The zero-order valence-corrected chi connectivity index (χ0v) is 17.3. The lowest BCUT2D eigenvalue weighted by molar-refractivity contribution is 0.0755. The third-order valence-electron chi connectivity index (χ3n) is 4.83. The SMILES string of the molecule is CCCN(CCC)C(=O)c1cccc(S(=O)(=O)N2CC(C)CC(C)C2)c1. The summed E-state index contributed by atoms with van der Waals surface area (Å²) in [5.74, 6) is 0.608. The second-order valence-electron chi connectivity index (χ2n) is 7.59. The van der Waals surface area contributed by atoms with Crippen molar-refractivity contribution in [2.75, 3.05) is 26.2 Å². The number of sulfonamides is 1. The Morgan fingerprint density at radius 1 is 1.12 bits per heavy atom. The quantitative estimate of drug-likeness (QED) is 0.726. The zero-order valence-electron chi connectivity index (χ0n) is 16.4. The molecule has 0 bridgehead atoms. The van der Waals surface area contributed by atoms with Crippen LogP contribution in [0.3, 0.4) is 0 Å². The smallest absolute Gasteiger partial charge is 0.253 e. The molecule has 1 aromatic carbocycles. The van der Waals surface area contributed by atoms with E-state index < -0.39 is 10.0 Å². The number of benzene rings is 1. The van der Waals surface area contributed by atoms with Crippen molar-refractivity contribution in [3.05, 3.63) is 29.8 Å². The molecule has 1 aromatic rings. The van der Waals surface area contributed by atoms with E-state index in [1.54, 1.807) is 33.5 Å². The topological polar surface area (TPSA) is 57.7 Å². The molecule has 0 saturated carbocycles. The highest BCUT2D eigenvalue weighted by Crippen LogP contribution is 2.27. The Balaban J connectivity index is 2.28. The maximum absolute atomic E-state index is 13.1. The van der Waals surface area contributed by atoms with Crippen molar-refractivity contribution >= 4 is 15.9 Å². The number of rotatable bonds is 7. The summed E-state index contributed by atoms with van der Waals surface area (Å²) < 4.78 is 27.7. The summed E-state index contributed by atoms with van der Waals surface area (Å²) in [6, 6.07) is 6.52. The summed E-state index contributed by atoms with van der Waals surface area (Å²) in [6.07, 6.45) is 2.81. The number of piperidine rings is 1. The highest BCUT2D eigenvalue weighted by Gasteiger charge is 2.32. The Hall–Kier alpha value is -1.40. The van der Waals surface area contributed by atoms with Gasteiger partial charge in [0.15, 0.2) is 0 Å². The molecule has 2 rings (SSSR count). The summed E-state index contributed by atoms with van der Waals surface area (Å²) in [5.41, 5.74) is 0.450. The molecule has 0 radical (unpaired) electrons. The third-order valence-corrected chi connectivity index (χ3v) is 6.66. The predicted octanol–water partition coefficient (Wildman–Crippen LogP) is 3.62. The van der Waals surface area contributed by atoms with E-state index in [1.807, 2.05) is 13.8 Å². The third kappa shape index (κ3) is 4.86. The van der Waals surface area contributed by atoms with E-state index in [-0.39, 0.29) is 10.8 Å². The summed E-state index contributed by atoms with van der Waals surface area (Å²) in [4.78, 5) is 14.8. The van der Waals surface area contributed by atoms with Crippen molar-refractivity contribution in [3.63, 3.8) is 0 Å². The minimum atomic E-state index is -3.57. The van der Waals surface area contributed by atoms with Gasteiger partial charge in [0.2, 0.25) is 10.0 Å². The number of hydrogen-bond donors (Lipinski definition) is 0. The van der Waals surface area contributed by atoms with Crippen LogP contribution < -0.4 is 0 Å². The number of hydrogen-bond acceptors (Lipinski definition) is 3. The van der Waals surface area contributed by atoms with Gasteiger partial charge in [0.05, 0.1) is 4.90 Å². The van der Waals surface area contributed by atoms with Crippen LogP contribution in [0.4, 0.5) is 0 Å². The molecule has 1 aliphatic rings. The van der Waals surface area contributed by atoms with Crippen molar-refractivity contribution in [3.8, 4) is 0 Å². The first-order chi connectivity index (χ1) is 12.3. The summed E-state index contributed by atoms with van der Waals surface area (Å²) in [7, 11) is -3.57. The summed E-state index contributed by atoms with van der Waals surface area (Å²) in [5, 5.41) is 0. The molecule has 0 aromatic heterocycles. The maximum Gasteiger partial charge on any atom is 0.253 e. The lowest BCUT2D eigenvalue weighted by atomic mass is 9.94. The monoisotopic (exact) mass is 380 g/mol. The number of carbonyl (C=O) groups excluding carboxylic acids is 1. The van der Waals surface area contributed by atoms with Gasteiger partial charge in [-0.15, -0.1) is 0 Å². The van der Waals surface area contributed by atoms with E-state index >= 15 is 0 Å². The molecular formula is C20H32N2O3S. The molecule has 1 saturated heterocycles. The lowest BCUT2D eigenvalue weighted by Gasteiger charge is -2.34. The maximum atomic E-state index is 13.1. The molecule has 2 atom stereocenters. The highest BCUT2D eigenvalue weighted by atomic mass is 32.2. The van der Waals surface area contributed by atoms with Gasteiger partial charge in [0.25, 0.3) is 5.91 Å².